The SMILES string of the molecule is CC(COc1ccccc1C(F)(F)F)NC(=O)c1ccc(S(=O)(=O)N2CCOCC2)cc1. The number of para-hydroxylation sites is 1. The molecular formula is C21H23F3N2O5S. The van der Waals surface area contributed by atoms with Gasteiger partial charge >= 0.3 is 6.18 Å². The number of amides is 1. The predicted molar refractivity (Wildman–Crippen MR) is 110 cm³/mol. The van der Waals surface area contributed by atoms with E-state index in [0.29, 0.717) is 13.2 Å². The fourth-order valence-electron chi connectivity index (χ4n) is 3.10. The first-order valence-corrected chi connectivity index (χ1v) is 11.3. The summed E-state index contributed by atoms with van der Waals surface area (Å²) in [5.74, 6) is -0.820. The Labute approximate surface area is 184 Å². The van der Waals surface area contributed by atoms with Gasteiger partial charge in [-0.1, -0.05) is 12.1 Å². The van der Waals surface area contributed by atoms with E-state index < -0.39 is 33.7 Å². The van der Waals surface area contributed by atoms with Gasteiger partial charge in [-0.15, -0.1) is 0 Å². The maximum Gasteiger partial charge on any atom is 0.419 e. The number of ether oxygens (including phenoxy) is 2. The van der Waals surface area contributed by atoms with Gasteiger partial charge in [-0.3, -0.25) is 4.79 Å². The maximum absolute atomic E-state index is 13.0. The first-order valence-electron chi connectivity index (χ1n) is 9.87. The van der Waals surface area contributed by atoms with Gasteiger partial charge in [0.15, 0.2) is 0 Å². The van der Waals surface area contributed by atoms with Crippen LogP contribution in [0, 0.1) is 0 Å². The molecule has 1 aliphatic rings. The maximum atomic E-state index is 13.0. The highest BCUT2D eigenvalue weighted by Gasteiger charge is 2.34. The number of sulfonamides is 1. The number of nitrogens with one attached hydrogen (secondary N) is 1. The molecule has 2 aromatic carbocycles. The summed E-state index contributed by atoms with van der Waals surface area (Å²) < 4.78 is 76.1. The van der Waals surface area contributed by atoms with Gasteiger partial charge in [0, 0.05) is 18.7 Å². The fraction of sp³-hybridized carbons (Fsp3) is 0.381. The van der Waals surface area contributed by atoms with Crippen LogP contribution in [0.25, 0.3) is 0 Å². The predicted octanol–water partition coefficient (Wildman–Crippen LogP) is 2.92. The van der Waals surface area contributed by atoms with Crippen LogP contribution < -0.4 is 10.1 Å². The lowest BCUT2D eigenvalue weighted by molar-refractivity contribution is -0.139. The highest BCUT2D eigenvalue weighted by molar-refractivity contribution is 7.89. The van der Waals surface area contributed by atoms with Crippen LogP contribution in [0.5, 0.6) is 5.75 Å². The molecule has 1 atom stereocenters. The van der Waals surface area contributed by atoms with E-state index in [-0.39, 0.29) is 35.9 Å². The van der Waals surface area contributed by atoms with Gasteiger partial charge in [0.05, 0.1) is 29.7 Å². The minimum Gasteiger partial charge on any atom is -0.491 e. The molecule has 0 aliphatic carbocycles. The molecule has 1 unspecified atom stereocenters. The lowest BCUT2D eigenvalue weighted by Crippen LogP contribution is -2.40. The molecule has 0 spiro atoms. The van der Waals surface area contributed by atoms with Crippen molar-refractivity contribution in [3.63, 3.8) is 0 Å². The second-order valence-corrected chi connectivity index (χ2v) is 9.16. The van der Waals surface area contributed by atoms with Crippen molar-refractivity contribution >= 4 is 15.9 Å². The average Bonchev–Trinajstić information content (AvgIpc) is 2.78. The molecule has 1 N–H and O–H groups in total. The largest absolute Gasteiger partial charge is 0.491 e. The van der Waals surface area contributed by atoms with Crippen molar-refractivity contribution in [3.05, 3.63) is 59.7 Å². The van der Waals surface area contributed by atoms with E-state index in [2.05, 4.69) is 5.32 Å². The van der Waals surface area contributed by atoms with E-state index in [4.69, 9.17) is 9.47 Å². The second kappa shape index (κ2) is 9.88. The molecule has 1 amide bonds. The van der Waals surface area contributed by atoms with Crippen LogP contribution in [0.3, 0.4) is 0 Å². The summed E-state index contributed by atoms with van der Waals surface area (Å²) in [7, 11) is -3.67. The lowest BCUT2D eigenvalue weighted by Gasteiger charge is -2.26. The van der Waals surface area contributed by atoms with Gasteiger partial charge in [0.1, 0.15) is 12.4 Å². The summed E-state index contributed by atoms with van der Waals surface area (Å²) in [6.45, 7) is 2.59. The van der Waals surface area contributed by atoms with Crippen LogP contribution in [-0.2, 0) is 20.9 Å². The lowest BCUT2D eigenvalue weighted by atomic mass is 10.2. The molecule has 174 valence electrons. The van der Waals surface area contributed by atoms with Crippen LogP contribution in [0.1, 0.15) is 22.8 Å². The minimum absolute atomic E-state index is 0.0658. The number of nitrogens with zero attached hydrogens (tertiary/aromatic N) is 1. The Kier molecular flexibility index (Phi) is 7.42. The molecule has 1 fully saturated rings. The van der Waals surface area contributed by atoms with Crippen LogP contribution >= 0.6 is 0 Å². The smallest absolute Gasteiger partial charge is 0.419 e. The molecule has 7 nitrogen and oxygen atoms in total. The highest BCUT2D eigenvalue weighted by atomic mass is 32.2. The number of morpholine rings is 1. The number of hydrogen-bond acceptors (Lipinski definition) is 5. The Bertz CT molecular complexity index is 1040. The number of carbonyl (C=O) groups is 1. The van der Waals surface area contributed by atoms with Crippen molar-refractivity contribution in [3.8, 4) is 5.75 Å². The highest BCUT2D eigenvalue weighted by Crippen LogP contribution is 2.35. The summed E-state index contributed by atoms with van der Waals surface area (Å²) in [5, 5.41) is 2.62. The Morgan fingerprint density at radius 1 is 1.12 bits per heavy atom. The van der Waals surface area contributed by atoms with Gasteiger partial charge in [-0.2, -0.15) is 17.5 Å². The number of hydrogen-bond donors (Lipinski definition) is 1. The van der Waals surface area contributed by atoms with E-state index >= 15 is 0 Å². The Hall–Kier alpha value is -2.63. The first kappa shape index (κ1) is 24.0. The molecule has 1 aliphatic heterocycles. The van der Waals surface area contributed by atoms with E-state index in [1.807, 2.05) is 0 Å². The monoisotopic (exact) mass is 472 g/mol. The van der Waals surface area contributed by atoms with Gasteiger partial charge in [0.2, 0.25) is 10.0 Å². The van der Waals surface area contributed by atoms with E-state index in [1.165, 1.54) is 46.8 Å². The second-order valence-electron chi connectivity index (χ2n) is 7.22. The summed E-state index contributed by atoms with van der Waals surface area (Å²) in [5.41, 5.74) is -0.677. The molecule has 0 bridgehead atoms. The minimum atomic E-state index is -4.55. The van der Waals surface area contributed by atoms with Gasteiger partial charge in [-0.25, -0.2) is 8.42 Å². The van der Waals surface area contributed by atoms with Crippen molar-refractivity contribution in [2.24, 2.45) is 0 Å². The summed E-state index contributed by atoms with van der Waals surface area (Å²) in [6.07, 6.45) is -4.55. The Morgan fingerprint density at radius 3 is 2.38 bits per heavy atom. The standard InChI is InChI=1S/C21H23F3N2O5S/c1-15(14-31-19-5-3-2-4-18(19)21(22,23)24)25-20(27)16-6-8-17(9-7-16)32(28,29)26-10-12-30-13-11-26/h2-9,15H,10-14H2,1H3,(H,25,27). The van der Waals surface area contributed by atoms with Crippen molar-refractivity contribution < 1.29 is 35.9 Å². The number of alkyl halides is 3. The van der Waals surface area contributed by atoms with Crippen LogP contribution in [-0.4, -0.2) is 57.6 Å². The first-order chi connectivity index (χ1) is 15.1. The number of carbonyl (C=O) groups excluding carboxylic acids is 1. The molecule has 1 saturated heterocycles. The van der Waals surface area contributed by atoms with Crippen molar-refractivity contribution in [1.82, 2.24) is 9.62 Å². The van der Waals surface area contributed by atoms with Gasteiger partial charge in [-0.05, 0) is 43.3 Å². The van der Waals surface area contributed by atoms with Crippen LogP contribution in [0.4, 0.5) is 13.2 Å². The van der Waals surface area contributed by atoms with E-state index in [0.717, 1.165) is 6.07 Å². The third-order valence-electron chi connectivity index (χ3n) is 4.78. The van der Waals surface area contributed by atoms with Crippen LogP contribution in [0.2, 0.25) is 0 Å². The van der Waals surface area contributed by atoms with Gasteiger partial charge in [0.25, 0.3) is 5.91 Å². The quantitative estimate of drug-likeness (QED) is 0.670. The average molecular weight is 472 g/mol. The molecular weight excluding hydrogens is 449 g/mol. The molecule has 2 aromatic rings. The third-order valence-corrected chi connectivity index (χ3v) is 6.70. The van der Waals surface area contributed by atoms with Crippen molar-refractivity contribution in [2.75, 3.05) is 32.9 Å². The fourth-order valence-corrected chi connectivity index (χ4v) is 4.51. The Balaban J connectivity index is 1.59. The van der Waals surface area contributed by atoms with Crippen LogP contribution in [0.15, 0.2) is 53.4 Å². The Morgan fingerprint density at radius 2 is 1.75 bits per heavy atom. The van der Waals surface area contributed by atoms with Crippen molar-refractivity contribution in [1.29, 1.82) is 0 Å². The molecule has 0 aromatic heterocycles. The normalized spacial score (nSPS) is 16.4. The molecule has 3 rings (SSSR count). The zero-order chi connectivity index (χ0) is 23.4. The number of rotatable bonds is 7. The molecule has 0 radical (unpaired) electrons. The van der Waals surface area contributed by atoms with Crippen molar-refractivity contribution in [2.45, 2.75) is 24.0 Å². The number of halogens is 3. The molecule has 32 heavy (non-hydrogen) atoms. The summed E-state index contributed by atoms with van der Waals surface area (Å²) in [4.78, 5) is 12.5. The summed E-state index contributed by atoms with van der Waals surface area (Å²) >= 11 is 0. The van der Waals surface area contributed by atoms with Gasteiger partial charge < -0.3 is 14.8 Å². The summed E-state index contributed by atoms with van der Waals surface area (Å²) in [6, 6.07) is 9.70. The van der Waals surface area contributed by atoms with E-state index in [9.17, 15) is 26.4 Å². The molecule has 1 heterocycles. The topological polar surface area (TPSA) is 84.9 Å². The van der Waals surface area contributed by atoms with E-state index in [1.54, 1.807) is 6.92 Å². The molecule has 0 saturated carbocycles. The molecule has 11 heteroatoms. The number of benzene rings is 2. The third kappa shape index (κ3) is 5.78. The zero-order valence-electron chi connectivity index (χ0n) is 17.3. The zero-order valence-corrected chi connectivity index (χ0v) is 18.1.